The van der Waals surface area contributed by atoms with Crippen LogP contribution in [0.5, 0.6) is 0 Å². The second-order valence-corrected chi connectivity index (χ2v) is 9.08. The van der Waals surface area contributed by atoms with E-state index in [0.29, 0.717) is 22.5 Å². The van der Waals surface area contributed by atoms with Gasteiger partial charge < -0.3 is 10.1 Å². The van der Waals surface area contributed by atoms with Crippen molar-refractivity contribution in [2.45, 2.75) is 32.8 Å². The molecule has 0 atom stereocenters. The summed E-state index contributed by atoms with van der Waals surface area (Å²) in [5, 5.41) is 13.6. The highest BCUT2D eigenvalue weighted by atomic mass is 16.6. The quantitative estimate of drug-likeness (QED) is 0.375. The van der Waals surface area contributed by atoms with Crippen LogP contribution in [-0.2, 0) is 16.0 Å². The van der Waals surface area contributed by atoms with Crippen LogP contribution in [0.1, 0.15) is 26.3 Å². The lowest BCUT2D eigenvalue weighted by Crippen LogP contribution is -2.27. The van der Waals surface area contributed by atoms with E-state index in [9.17, 15) is 14.4 Å². The first-order valence-corrected chi connectivity index (χ1v) is 11.1. The molecule has 0 bridgehead atoms. The van der Waals surface area contributed by atoms with Crippen LogP contribution in [0.15, 0.2) is 77.6 Å². The normalized spacial score (nSPS) is 11.2. The molecule has 1 heterocycles. The summed E-state index contributed by atoms with van der Waals surface area (Å²) in [5.74, 6) is -0.212. The predicted octanol–water partition coefficient (Wildman–Crippen LogP) is 5.12. The summed E-state index contributed by atoms with van der Waals surface area (Å²) in [6, 6.07) is 21.6. The van der Waals surface area contributed by atoms with Gasteiger partial charge in [-0.3, -0.25) is 14.9 Å². The van der Waals surface area contributed by atoms with E-state index in [1.54, 1.807) is 57.2 Å². The lowest BCUT2D eigenvalue weighted by molar-refractivity contribution is -0.115. The summed E-state index contributed by atoms with van der Waals surface area (Å²) in [5.41, 5.74) is 2.41. The topological polar surface area (TPSA) is 113 Å². The predicted molar refractivity (Wildman–Crippen MR) is 136 cm³/mol. The number of carbonyl (C=O) groups excluding carboxylic acids is 2. The number of anilines is 2. The minimum atomic E-state index is -0.604. The van der Waals surface area contributed by atoms with E-state index < -0.39 is 11.7 Å². The number of H-pyrrole nitrogens is 1. The van der Waals surface area contributed by atoms with E-state index in [1.165, 1.54) is 0 Å². The maximum atomic E-state index is 12.7. The summed E-state index contributed by atoms with van der Waals surface area (Å²) in [4.78, 5) is 36.8. The number of hydrogen-bond acceptors (Lipinski definition) is 5. The number of benzene rings is 3. The fraction of sp³-hybridized carbons (Fsp3) is 0.185. The molecular formula is C27H26N4O4. The van der Waals surface area contributed by atoms with Crippen LogP contribution >= 0.6 is 0 Å². The van der Waals surface area contributed by atoms with Gasteiger partial charge in [-0.05, 0) is 56.7 Å². The van der Waals surface area contributed by atoms with Gasteiger partial charge in [0, 0.05) is 22.3 Å². The van der Waals surface area contributed by atoms with Crippen LogP contribution in [-0.4, -0.2) is 27.8 Å². The van der Waals surface area contributed by atoms with Crippen LogP contribution in [0.3, 0.4) is 0 Å². The number of nitrogens with zero attached hydrogens (tertiary/aromatic N) is 1. The number of aromatic nitrogens is 2. The third kappa shape index (κ3) is 6.11. The lowest BCUT2D eigenvalue weighted by atomic mass is 10.0. The number of amides is 2. The summed E-state index contributed by atoms with van der Waals surface area (Å²) < 4.78 is 5.27. The molecule has 0 radical (unpaired) electrons. The Morgan fingerprint density at radius 1 is 0.886 bits per heavy atom. The summed E-state index contributed by atoms with van der Waals surface area (Å²) in [6.45, 7) is 5.37. The molecule has 8 nitrogen and oxygen atoms in total. The SMILES string of the molecule is CC(C)(C)OC(=O)Nc1cccc(CC(=O)Nc2cccc(-c3n[nH]c(=O)c4ccccc34)c2)c1. The Morgan fingerprint density at radius 2 is 1.57 bits per heavy atom. The van der Waals surface area contributed by atoms with E-state index >= 15 is 0 Å². The molecule has 0 spiro atoms. The molecule has 4 aromatic rings. The van der Waals surface area contributed by atoms with E-state index in [2.05, 4.69) is 20.8 Å². The first-order chi connectivity index (χ1) is 16.7. The second-order valence-electron chi connectivity index (χ2n) is 9.08. The Kier molecular flexibility index (Phi) is 6.64. The largest absolute Gasteiger partial charge is 0.444 e. The minimum absolute atomic E-state index is 0.119. The van der Waals surface area contributed by atoms with Gasteiger partial charge in [0.15, 0.2) is 0 Å². The maximum Gasteiger partial charge on any atom is 0.412 e. The van der Waals surface area contributed by atoms with Crippen molar-refractivity contribution in [2.24, 2.45) is 0 Å². The zero-order valence-corrected chi connectivity index (χ0v) is 19.7. The maximum absolute atomic E-state index is 12.7. The summed E-state index contributed by atoms with van der Waals surface area (Å²) in [7, 11) is 0. The smallest absolute Gasteiger partial charge is 0.412 e. The van der Waals surface area contributed by atoms with Gasteiger partial charge >= 0.3 is 6.09 Å². The monoisotopic (exact) mass is 470 g/mol. The Bertz CT molecular complexity index is 1450. The van der Waals surface area contributed by atoms with Gasteiger partial charge in [0.05, 0.1) is 17.5 Å². The first-order valence-electron chi connectivity index (χ1n) is 11.1. The van der Waals surface area contributed by atoms with Gasteiger partial charge in [0.25, 0.3) is 5.56 Å². The third-order valence-corrected chi connectivity index (χ3v) is 5.05. The van der Waals surface area contributed by atoms with Gasteiger partial charge in [-0.1, -0.05) is 42.5 Å². The third-order valence-electron chi connectivity index (χ3n) is 5.05. The fourth-order valence-electron chi connectivity index (χ4n) is 3.65. The number of nitrogens with one attached hydrogen (secondary N) is 3. The van der Waals surface area contributed by atoms with Crippen molar-refractivity contribution >= 4 is 34.1 Å². The standard InChI is InChI=1S/C27H26N4O4/c1-27(2,3)35-26(34)29-19-10-6-8-17(14-19)15-23(32)28-20-11-7-9-18(16-20)24-21-12-4-5-13-22(21)25(33)31-30-24/h4-14,16H,15H2,1-3H3,(H,28,32)(H,29,34)(H,31,33). The number of aromatic amines is 1. The molecule has 0 saturated carbocycles. The second kappa shape index (κ2) is 9.80. The van der Waals surface area contributed by atoms with E-state index in [4.69, 9.17) is 4.74 Å². The van der Waals surface area contributed by atoms with E-state index in [1.807, 2.05) is 36.4 Å². The molecule has 0 aliphatic heterocycles. The van der Waals surface area contributed by atoms with E-state index in [0.717, 1.165) is 16.5 Å². The molecule has 178 valence electrons. The number of rotatable bonds is 5. The van der Waals surface area contributed by atoms with Gasteiger partial charge in [-0.15, -0.1) is 0 Å². The molecule has 0 aliphatic carbocycles. The van der Waals surface area contributed by atoms with Crippen molar-refractivity contribution in [1.82, 2.24) is 10.2 Å². The van der Waals surface area contributed by atoms with Crippen LogP contribution < -0.4 is 16.2 Å². The zero-order valence-electron chi connectivity index (χ0n) is 19.7. The molecule has 8 heteroatoms. The molecule has 0 fully saturated rings. The Labute approximate surface area is 202 Å². The lowest BCUT2D eigenvalue weighted by Gasteiger charge is -2.19. The van der Waals surface area contributed by atoms with Gasteiger partial charge in [0.2, 0.25) is 5.91 Å². The number of carbonyl (C=O) groups is 2. The molecule has 1 aromatic heterocycles. The van der Waals surface area contributed by atoms with Crippen LogP contribution in [0, 0.1) is 0 Å². The molecule has 4 rings (SSSR count). The van der Waals surface area contributed by atoms with Crippen molar-refractivity contribution < 1.29 is 14.3 Å². The Balaban J connectivity index is 1.47. The number of ether oxygens (including phenoxy) is 1. The Hall–Kier alpha value is -4.46. The molecular weight excluding hydrogens is 444 g/mol. The van der Waals surface area contributed by atoms with Crippen LogP contribution in [0.2, 0.25) is 0 Å². The molecule has 35 heavy (non-hydrogen) atoms. The van der Waals surface area contributed by atoms with Gasteiger partial charge in [-0.25, -0.2) is 9.89 Å². The molecule has 3 N–H and O–H groups in total. The van der Waals surface area contributed by atoms with Crippen molar-refractivity contribution in [1.29, 1.82) is 0 Å². The molecule has 3 aromatic carbocycles. The van der Waals surface area contributed by atoms with Crippen molar-refractivity contribution in [3.8, 4) is 11.3 Å². The van der Waals surface area contributed by atoms with Gasteiger partial charge in [0.1, 0.15) is 5.60 Å². The highest BCUT2D eigenvalue weighted by Gasteiger charge is 2.16. The highest BCUT2D eigenvalue weighted by Crippen LogP contribution is 2.26. The summed E-state index contributed by atoms with van der Waals surface area (Å²) in [6.07, 6.45) is -0.437. The summed E-state index contributed by atoms with van der Waals surface area (Å²) >= 11 is 0. The zero-order chi connectivity index (χ0) is 25.0. The fourth-order valence-corrected chi connectivity index (χ4v) is 3.65. The van der Waals surface area contributed by atoms with Gasteiger partial charge in [-0.2, -0.15) is 5.10 Å². The Morgan fingerprint density at radius 3 is 2.31 bits per heavy atom. The van der Waals surface area contributed by atoms with E-state index in [-0.39, 0.29) is 17.9 Å². The minimum Gasteiger partial charge on any atom is -0.444 e. The van der Waals surface area contributed by atoms with Crippen molar-refractivity contribution in [3.05, 3.63) is 88.7 Å². The van der Waals surface area contributed by atoms with Crippen molar-refractivity contribution in [2.75, 3.05) is 10.6 Å². The molecule has 0 aliphatic rings. The highest BCUT2D eigenvalue weighted by molar-refractivity contribution is 5.96. The average molecular weight is 471 g/mol. The number of fused-ring (bicyclic) bond motifs is 1. The molecule has 2 amide bonds. The average Bonchev–Trinajstić information content (AvgIpc) is 2.78. The first kappa shape index (κ1) is 23.7. The number of hydrogen-bond donors (Lipinski definition) is 3. The molecule has 0 saturated heterocycles. The van der Waals surface area contributed by atoms with Crippen molar-refractivity contribution in [3.63, 3.8) is 0 Å². The molecule has 0 unspecified atom stereocenters. The van der Waals surface area contributed by atoms with Crippen LogP contribution in [0.25, 0.3) is 22.0 Å². The van der Waals surface area contributed by atoms with Crippen LogP contribution in [0.4, 0.5) is 16.2 Å².